The molecule has 2 aromatic rings. The molecule has 0 aromatic heterocycles. The zero-order chi connectivity index (χ0) is 16.0. The fraction of sp³-hybridized carbons (Fsp3) is 0.167. The average Bonchev–Trinajstić information content (AvgIpc) is 2.56. The number of carbonyl (C=O) groups is 1. The Hall–Kier alpha value is -2.93. The second-order valence-corrected chi connectivity index (χ2v) is 5.37. The second-order valence-electron chi connectivity index (χ2n) is 5.37. The lowest BCUT2D eigenvalue weighted by Gasteiger charge is -2.13. The minimum absolute atomic E-state index is 0.431. The van der Waals surface area contributed by atoms with E-state index < -0.39 is 11.3 Å². The molecule has 0 spiro atoms. The Labute approximate surface area is 130 Å². The molecule has 0 saturated heterocycles. The van der Waals surface area contributed by atoms with E-state index in [1.54, 1.807) is 13.8 Å². The van der Waals surface area contributed by atoms with Crippen LogP contribution in [0.1, 0.15) is 25.0 Å². The van der Waals surface area contributed by atoms with E-state index in [4.69, 9.17) is 5.26 Å². The minimum Gasteiger partial charge on any atom is -0.271 e. The van der Waals surface area contributed by atoms with E-state index >= 15 is 0 Å². The van der Waals surface area contributed by atoms with Crippen molar-refractivity contribution < 1.29 is 4.79 Å². The highest BCUT2D eigenvalue weighted by molar-refractivity contribution is 6.13. The Bertz CT molecular complexity index is 672. The SMILES string of the molecule is CC(C)(C#N)C(=O)NN=C(c1ccccc1)c1ccccc1. The zero-order valence-corrected chi connectivity index (χ0v) is 12.6. The number of nitrogens with one attached hydrogen (secondary N) is 1. The van der Waals surface area contributed by atoms with Gasteiger partial charge in [0.2, 0.25) is 0 Å². The van der Waals surface area contributed by atoms with Crippen LogP contribution in [0.5, 0.6) is 0 Å². The molecule has 2 rings (SSSR count). The molecule has 110 valence electrons. The summed E-state index contributed by atoms with van der Waals surface area (Å²) in [6, 6.07) is 21.1. The molecule has 22 heavy (non-hydrogen) atoms. The molecule has 2 aromatic carbocycles. The molecular formula is C18H17N3O. The van der Waals surface area contributed by atoms with Gasteiger partial charge in [0.1, 0.15) is 5.41 Å². The van der Waals surface area contributed by atoms with Crippen molar-refractivity contribution in [2.75, 3.05) is 0 Å². The van der Waals surface area contributed by atoms with Crippen molar-refractivity contribution in [3.8, 4) is 6.07 Å². The molecule has 0 atom stereocenters. The number of benzene rings is 2. The first kappa shape index (κ1) is 15.5. The van der Waals surface area contributed by atoms with Gasteiger partial charge in [-0.05, 0) is 13.8 Å². The van der Waals surface area contributed by atoms with Gasteiger partial charge in [-0.15, -0.1) is 0 Å². The van der Waals surface area contributed by atoms with Crippen molar-refractivity contribution in [3.63, 3.8) is 0 Å². The van der Waals surface area contributed by atoms with Crippen LogP contribution >= 0.6 is 0 Å². The van der Waals surface area contributed by atoms with Crippen LogP contribution in [0.25, 0.3) is 0 Å². The molecule has 0 saturated carbocycles. The maximum Gasteiger partial charge on any atom is 0.259 e. The fourth-order valence-corrected chi connectivity index (χ4v) is 1.79. The lowest BCUT2D eigenvalue weighted by Crippen LogP contribution is -2.33. The van der Waals surface area contributed by atoms with Crippen LogP contribution in [-0.2, 0) is 4.79 Å². The Morgan fingerprint density at radius 2 is 1.45 bits per heavy atom. The summed E-state index contributed by atoms with van der Waals surface area (Å²) in [6.07, 6.45) is 0. The molecule has 0 heterocycles. The number of hydrogen-bond acceptors (Lipinski definition) is 3. The summed E-state index contributed by atoms with van der Waals surface area (Å²) >= 11 is 0. The van der Waals surface area contributed by atoms with E-state index in [2.05, 4.69) is 10.5 Å². The highest BCUT2D eigenvalue weighted by Gasteiger charge is 2.27. The predicted octanol–water partition coefficient (Wildman–Crippen LogP) is 3.10. The number of hydrogen-bond donors (Lipinski definition) is 1. The number of nitrogens with zero attached hydrogens (tertiary/aromatic N) is 2. The molecule has 1 amide bonds. The monoisotopic (exact) mass is 291 g/mol. The average molecular weight is 291 g/mol. The van der Waals surface area contributed by atoms with Crippen molar-refractivity contribution >= 4 is 11.6 Å². The third kappa shape index (κ3) is 3.58. The van der Waals surface area contributed by atoms with E-state index in [0.29, 0.717) is 5.71 Å². The number of carbonyl (C=O) groups excluding carboxylic acids is 1. The molecule has 0 unspecified atom stereocenters. The molecule has 4 heteroatoms. The molecule has 0 radical (unpaired) electrons. The number of amides is 1. The second kappa shape index (κ2) is 6.68. The van der Waals surface area contributed by atoms with Gasteiger partial charge in [-0.2, -0.15) is 10.4 Å². The van der Waals surface area contributed by atoms with Crippen LogP contribution in [0.4, 0.5) is 0 Å². The van der Waals surface area contributed by atoms with E-state index in [-0.39, 0.29) is 0 Å². The van der Waals surface area contributed by atoms with Gasteiger partial charge in [0.05, 0.1) is 11.8 Å². The normalized spacial score (nSPS) is 10.4. The van der Waals surface area contributed by atoms with Gasteiger partial charge in [0.25, 0.3) is 5.91 Å². The van der Waals surface area contributed by atoms with Crippen molar-refractivity contribution in [2.24, 2.45) is 10.5 Å². The number of rotatable bonds is 4. The van der Waals surface area contributed by atoms with Crippen LogP contribution in [0.3, 0.4) is 0 Å². The fourth-order valence-electron chi connectivity index (χ4n) is 1.79. The van der Waals surface area contributed by atoms with Crippen LogP contribution in [0, 0.1) is 16.7 Å². The van der Waals surface area contributed by atoms with Crippen molar-refractivity contribution in [2.45, 2.75) is 13.8 Å². The third-order valence-electron chi connectivity index (χ3n) is 3.21. The van der Waals surface area contributed by atoms with Gasteiger partial charge in [-0.25, -0.2) is 5.43 Å². The largest absolute Gasteiger partial charge is 0.271 e. The highest BCUT2D eigenvalue weighted by Crippen LogP contribution is 2.14. The van der Waals surface area contributed by atoms with Gasteiger partial charge in [0, 0.05) is 11.1 Å². The van der Waals surface area contributed by atoms with Crippen LogP contribution in [0.15, 0.2) is 65.8 Å². The zero-order valence-electron chi connectivity index (χ0n) is 12.6. The Balaban J connectivity index is 2.37. The van der Waals surface area contributed by atoms with Crippen molar-refractivity contribution in [3.05, 3.63) is 71.8 Å². The van der Waals surface area contributed by atoms with Gasteiger partial charge < -0.3 is 0 Å². The highest BCUT2D eigenvalue weighted by atomic mass is 16.2. The van der Waals surface area contributed by atoms with Gasteiger partial charge in [-0.3, -0.25) is 4.79 Å². The first-order valence-corrected chi connectivity index (χ1v) is 6.95. The molecular weight excluding hydrogens is 274 g/mol. The molecule has 0 aliphatic carbocycles. The van der Waals surface area contributed by atoms with Gasteiger partial charge in [-0.1, -0.05) is 60.7 Å². The summed E-state index contributed by atoms with van der Waals surface area (Å²) < 4.78 is 0. The molecule has 0 aliphatic rings. The maximum absolute atomic E-state index is 12.0. The smallest absolute Gasteiger partial charge is 0.259 e. The van der Waals surface area contributed by atoms with E-state index in [9.17, 15) is 4.79 Å². The lowest BCUT2D eigenvalue weighted by atomic mass is 9.95. The summed E-state index contributed by atoms with van der Waals surface area (Å²) in [4.78, 5) is 12.0. The molecule has 0 aliphatic heterocycles. The molecule has 1 N–H and O–H groups in total. The third-order valence-corrected chi connectivity index (χ3v) is 3.21. The number of hydrazone groups is 1. The van der Waals surface area contributed by atoms with E-state index in [0.717, 1.165) is 11.1 Å². The van der Waals surface area contributed by atoms with E-state index in [1.165, 1.54) is 0 Å². The Morgan fingerprint density at radius 1 is 1.00 bits per heavy atom. The van der Waals surface area contributed by atoms with Gasteiger partial charge >= 0.3 is 0 Å². The van der Waals surface area contributed by atoms with Crippen molar-refractivity contribution in [1.29, 1.82) is 5.26 Å². The predicted molar refractivity (Wildman–Crippen MR) is 86.1 cm³/mol. The Kier molecular flexibility index (Phi) is 4.70. The Morgan fingerprint density at radius 3 is 1.86 bits per heavy atom. The topological polar surface area (TPSA) is 65.2 Å². The molecule has 0 fully saturated rings. The first-order valence-electron chi connectivity index (χ1n) is 6.95. The van der Waals surface area contributed by atoms with Crippen LogP contribution < -0.4 is 5.43 Å². The lowest BCUT2D eigenvalue weighted by molar-refractivity contribution is -0.126. The minimum atomic E-state index is -1.12. The van der Waals surface area contributed by atoms with Crippen LogP contribution in [-0.4, -0.2) is 11.6 Å². The standard InChI is InChI=1S/C18H17N3O/c1-18(2,13-19)17(22)21-20-16(14-9-5-3-6-10-14)15-11-7-4-8-12-15/h3-12H,1-2H3,(H,21,22). The molecule has 0 bridgehead atoms. The summed E-state index contributed by atoms with van der Waals surface area (Å²) in [5.41, 5.74) is 3.81. The number of nitriles is 1. The van der Waals surface area contributed by atoms with Crippen molar-refractivity contribution in [1.82, 2.24) is 5.43 Å². The maximum atomic E-state index is 12.0. The summed E-state index contributed by atoms with van der Waals surface area (Å²) in [6.45, 7) is 3.12. The summed E-state index contributed by atoms with van der Waals surface area (Å²) in [5.74, 6) is -0.431. The summed E-state index contributed by atoms with van der Waals surface area (Å²) in [7, 11) is 0. The van der Waals surface area contributed by atoms with Gasteiger partial charge in [0.15, 0.2) is 0 Å². The van der Waals surface area contributed by atoms with E-state index in [1.807, 2.05) is 66.7 Å². The first-order chi connectivity index (χ1) is 10.5. The molecule has 4 nitrogen and oxygen atoms in total. The van der Waals surface area contributed by atoms with Crippen LogP contribution in [0.2, 0.25) is 0 Å². The quantitative estimate of drug-likeness (QED) is 0.695. The summed E-state index contributed by atoms with van der Waals surface area (Å²) in [5, 5.41) is 13.2.